The molecule has 0 bridgehead atoms. The average Bonchev–Trinajstić information content (AvgIpc) is 2.80. The van der Waals surface area contributed by atoms with Crippen LogP contribution in [-0.2, 0) is 11.2 Å². The standard InChI is InChI=1S/C14H16N2O2/c1-2-9-18-14(17)15-8-7-11-10-16-13-6-4-3-5-12(11)13/h2-6,10,16H,1,7-9H2,(H,15,17). The third kappa shape index (κ3) is 2.91. The van der Waals surface area contributed by atoms with Gasteiger partial charge in [0.2, 0.25) is 0 Å². The molecule has 0 radical (unpaired) electrons. The molecule has 1 aromatic carbocycles. The van der Waals surface area contributed by atoms with Crippen LogP contribution in [0.15, 0.2) is 43.1 Å². The van der Waals surface area contributed by atoms with Crippen LogP contribution < -0.4 is 5.32 Å². The molecule has 1 amide bonds. The number of nitrogens with one attached hydrogen (secondary N) is 2. The van der Waals surface area contributed by atoms with Crippen LogP contribution in [0.3, 0.4) is 0 Å². The molecule has 0 unspecified atom stereocenters. The molecule has 2 rings (SSSR count). The lowest BCUT2D eigenvalue weighted by Crippen LogP contribution is -2.26. The fraction of sp³-hybridized carbons (Fsp3) is 0.214. The third-order valence-electron chi connectivity index (χ3n) is 2.67. The van der Waals surface area contributed by atoms with Gasteiger partial charge in [-0.15, -0.1) is 0 Å². The van der Waals surface area contributed by atoms with Gasteiger partial charge in [-0.3, -0.25) is 0 Å². The number of amides is 1. The summed E-state index contributed by atoms with van der Waals surface area (Å²) in [6, 6.07) is 8.10. The van der Waals surface area contributed by atoms with Crippen molar-refractivity contribution in [3.8, 4) is 0 Å². The molecule has 4 heteroatoms. The second kappa shape index (κ2) is 5.91. The molecule has 18 heavy (non-hydrogen) atoms. The number of benzene rings is 1. The number of para-hydroxylation sites is 1. The molecule has 0 saturated heterocycles. The maximum Gasteiger partial charge on any atom is 0.407 e. The molecule has 0 saturated carbocycles. The maximum atomic E-state index is 11.2. The molecule has 0 aliphatic rings. The van der Waals surface area contributed by atoms with E-state index in [9.17, 15) is 4.79 Å². The van der Waals surface area contributed by atoms with Gasteiger partial charge in [0, 0.05) is 23.6 Å². The lowest BCUT2D eigenvalue weighted by atomic mass is 10.1. The highest BCUT2D eigenvalue weighted by Gasteiger charge is 2.04. The van der Waals surface area contributed by atoms with E-state index in [1.54, 1.807) is 6.08 Å². The van der Waals surface area contributed by atoms with Crippen LogP contribution >= 0.6 is 0 Å². The first-order valence-electron chi connectivity index (χ1n) is 5.88. The number of hydrogen-bond donors (Lipinski definition) is 2. The van der Waals surface area contributed by atoms with Crippen LogP contribution in [0.5, 0.6) is 0 Å². The molecule has 2 N–H and O–H groups in total. The Morgan fingerprint density at radius 1 is 1.44 bits per heavy atom. The zero-order chi connectivity index (χ0) is 12.8. The van der Waals surface area contributed by atoms with Crippen LogP contribution in [-0.4, -0.2) is 24.2 Å². The quantitative estimate of drug-likeness (QED) is 0.794. The Labute approximate surface area is 106 Å². The number of carbonyl (C=O) groups is 1. The van der Waals surface area contributed by atoms with Gasteiger partial charge in [0.15, 0.2) is 0 Å². The maximum absolute atomic E-state index is 11.2. The minimum Gasteiger partial charge on any atom is -0.445 e. The number of aromatic nitrogens is 1. The van der Waals surface area contributed by atoms with Crippen molar-refractivity contribution in [2.75, 3.05) is 13.2 Å². The number of carbonyl (C=O) groups excluding carboxylic acids is 1. The molecule has 0 atom stereocenters. The molecule has 0 spiro atoms. The van der Waals surface area contributed by atoms with Gasteiger partial charge in [0.05, 0.1) is 0 Å². The summed E-state index contributed by atoms with van der Waals surface area (Å²) >= 11 is 0. The van der Waals surface area contributed by atoms with E-state index in [2.05, 4.69) is 22.9 Å². The first-order valence-corrected chi connectivity index (χ1v) is 5.88. The highest BCUT2D eigenvalue weighted by molar-refractivity contribution is 5.83. The fourth-order valence-corrected chi connectivity index (χ4v) is 1.82. The number of hydrogen-bond acceptors (Lipinski definition) is 2. The van der Waals surface area contributed by atoms with Crippen molar-refractivity contribution in [1.82, 2.24) is 10.3 Å². The molecule has 1 aromatic heterocycles. The fourth-order valence-electron chi connectivity index (χ4n) is 1.82. The predicted molar refractivity (Wildman–Crippen MR) is 71.6 cm³/mol. The first-order chi connectivity index (χ1) is 8.81. The lowest BCUT2D eigenvalue weighted by Gasteiger charge is -2.04. The molecule has 94 valence electrons. The number of fused-ring (bicyclic) bond motifs is 1. The van der Waals surface area contributed by atoms with E-state index in [0.717, 1.165) is 11.9 Å². The molecule has 0 aliphatic heterocycles. The van der Waals surface area contributed by atoms with Crippen molar-refractivity contribution in [1.29, 1.82) is 0 Å². The Morgan fingerprint density at radius 2 is 2.28 bits per heavy atom. The molecular formula is C14H16N2O2. The zero-order valence-electron chi connectivity index (χ0n) is 10.1. The van der Waals surface area contributed by atoms with Gasteiger partial charge in [-0.1, -0.05) is 30.9 Å². The summed E-state index contributed by atoms with van der Waals surface area (Å²) in [6.07, 6.45) is 3.88. The molecule has 2 aromatic rings. The van der Waals surface area contributed by atoms with Crippen LogP contribution in [0, 0.1) is 0 Å². The van der Waals surface area contributed by atoms with Crippen molar-refractivity contribution in [2.24, 2.45) is 0 Å². The number of aromatic amines is 1. The van der Waals surface area contributed by atoms with E-state index in [0.29, 0.717) is 6.54 Å². The summed E-state index contributed by atoms with van der Waals surface area (Å²) in [4.78, 5) is 14.4. The highest BCUT2D eigenvalue weighted by atomic mass is 16.5. The smallest absolute Gasteiger partial charge is 0.407 e. The zero-order valence-corrected chi connectivity index (χ0v) is 10.1. The largest absolute Gasteiger partial charge is 0.445 e. The summed E-state index contributed by atoms with van der Waals surface area (Å²) in [6.45, 7) is 4.27. The summed E-state index contributed by atoms with van der Waals surface area (Å²) < 4.78 is 4.82. The van der Waals surface area contributed by atoms with Gasteiger partial charge in [-0.25, -0.2) is 4.79 Å². The van der Waals surface area contributed by atoms with E-state index < -0.39 is 6.09 Å². The van der Waals surface area contributed by atoms with Crippen LogP contribution in [0.1, 0.15) is 5.56 Å². The topological polar surface area (TPSA) is 54.1 Å². The number of H-pyrrole nitrogens is 1. The van der Waals surface area contributed by atoms with E-state index in [1.165, 1.54) is 10.9 Å². The van der Waals surface area contributed by atoms with Gasteiger partial charge in [-0.2, -0.15) is 0 Å². The van der Waals surface area contributed by atoms with Crippen molar-refractivity contribution in [3.05, 3.63) is 48.7 Å². The van der Waals surface area contributed by atoms with E-state index >= 15 is 0 Å². The normalized spacial score (nSPS) is 10.2. The van der Waals surface area contributed by atoms with Gasteiger partial charge < -0.3 is 15.0 Å². The molecule has 1 heterocycles. The molecule has 0 fully saturated rings. The summed E-state index contributed by atoms with van der Waals surface area (Å²) in [7, 11) is 0. The van der Waals surface area contributed by atoms with Gasteiger partial charge in [0.1, 0.15) is 6.61 Å². The Balaban J connectivity index is 1.87. The SMILES string of the molecule is C=CCOC(=O)NCCc1c[nH]c2ccccc12. The Bertz CT molecular complexity index is 545. The van der Waals surface area contributed by atoms with Gasteiger partial charge in [-0.05, 0) is 18.1 Å². The van der Waals surface area contributed by atoms with Gasteiger partial charge >= 0.3 is 6.09 Å². The van der Waals surface area contributed by atoms with Crippen molar-refractivity contribution in [3.63, 3.8) is 0 Å². The van der Waals surface area contributed by atoms with E-state index in [1.807, 2.05) is 24.4 Å². The lowest BCUT2D eigenvalue weighted by molar-refractivity contribution is 0.158. The van der Waals surface area contributed by atoms with Crippen LogP contribution in [0.4, 0.5) is 4.79 Å². The Hall–Kier alpha value is -2.23. The Morgan fingerprint density at radius 3 is 3.11 bits per heavy atom. The van der Waals surface area contributed by atoms with E-state index in [-0.39, 0.29) is 6.61 Å². The third-order valence-corrected chi connectivity index (χ3v) is 2.67. The predicted octanol–water partition coefficient (Wildman–Crippen LogP) is 2.62. The molecular weight excluding hydrogens is 228 g/mol. The summed E-state index contributed by atoms with van der Waals surface area (Å²) in [5.41, 5.74) is 2.30. The number of ether oxygens (including phenoxy) is 1. The number of rotatable bonds is 5. The van der Waals surface area contributed by atoms with E-state index in [4.69, 9.17) is 4.74 Å². The minimum absolute atomic E-state index is 0.235. The summed E-state index contributed by atoms with van der Waals surface area (Å²) in [5, 5.41) is 3.89. The van der Waals surface area contributed by atoms with Gasteiger partial charge in [0.25, 0.3) is 0 Å². The minimum atomic E-state index is -0.408. The first kappa shape index (κ1) is 12.2. The monoisotopic (exact) mass is 244 g/mol. The second-order valence-electron chi connectivity index (χ2n) is 3.92. The van der Waals surface area contributed by atoms with Crippen molar-refractivity contribution >= 4 is 17.0 Å². The Kier molecular flexibility index (Phi) is 4.02. The second-order valence-corrected chi connectivity index (χ2v) is 3.92. The van der Waals surface area contributed by atoms with Crippen molar-refractivity contribution in [2.45, 2.75) is 6.42 Å². The van der Waals surface area contributed by atoms with Crippen molar-refractivity contribution < 1.29 is 9.53 Å². The van der Waals surface area contributed by atoms with Crippen LogP contribution in [0.25, 0.3) is 10.9 Å². The molecule has 0 aliphatic carbocycles. The average molecular weight is 244 g/mol. The van der Waals surface area contributed by atoms with Crippen LogP contribution in [0.2, 0.25) is 0 Å². The summed E-state index contributed by atoms with van der Waals surface area (Å²) in [5.74, 6) is 0. The molecule has 4 nitrogen and oxygen atoms in total. The highest BCUT2D eigenvalue weighted by Crippen LogP contribution is 2.17. The number of alkyl carbamates (subject to hydrolysis) is 1.